The van der Waals surface area contributed by atoms with Crippen molar-refractivity contribution < 1.29 is 13.2 Å². The van der Waals surface area contributed by atoms with E-state index in [1.807, 2.05) is 0 Å². The second-order valence-electron chi connectivity index (χ2n) is 3.76. The first-order chi connectivity index (χ1) is 9.37. The van der Waals surface area contributed by atoms with Gasteiger partial charge in [-0.2, -0.15) is 5.26 Å². The molecular weight excluding hydrogens is 300 g/mol. The number of hydrogen-bond donors (Lipinski definition) is 2. The van der Waals surface area contributed by atoms with Crippen molar-refractivity contribution in [3.05, 3.63) is 24.3 Å². The highest BCUT2D eigenvalue weighted by Gasteiger charge is 2.19. The Morgan fingerprint density at radius 1 is 1.45 bits per heavy atom. The molecule has 1 aromatic carbocycles. The zero-order valence-corrected chi connectivity index (χ0v) is 12.4. The van der Waals surface area contributed by atoms with Crippen molar-refractivity contribution in [2.24, 2.45) is 5.73 Å². The third-order valence-electron chi connectivity index (χ3n) is 2.29. The first-order valence-electron chi connectivity index (χ1n) is 5.52. The van der Waals surface area contributed by atoms with Gasteiger partial charge in [-0.3, -0.25) is 4.79 Å². The van der Waals surface area contributed by atoms with Crippen molar-refractivity contribution in [2.45, 2.75) is 11.3 Å². The summed E-state index contributed by atoms with van der Waals surface area (Å²) in [6.07, 6.45) is 1.81. The van der Waals surface area contributed by atoms with E-state index in [1.54, 1.807) is 18.3 Å². The van der Waals surface area contributed by atoms with Crippen LogP contribution in [0.1, 0.15) is 6.42 Å². The summed E-state index contributed by atoms with van der Waals surface area (Å²) >= 11 is 1.30. The van der Waals surface area contributed by atoms with Gasteiger partial charge in [0.15, 0.2) is 6.19 Å². The zero-order valence-electron chi connectivity index (χ0n) is 10.7. The molecule has 0 atom stereocenters. The van der Waals surface area contributed by atoms with Crippen LogP contribution in [0.15, 0.2) is 29.2 Å². The fourth-order valence-corrected chi connectivity index (χ4v) is 2.80. The summed E-state index contributed by atoms with van der Waals surface area (Å²) in [6, 6.07) is 5.96. The normalized spacial score (nSPS) is 10.6. The maximum absolute atomic E-state index is 11.8. The topological polar surface area (TPSA) is 116 Å². The van der Waals surface area contributed by atoms with Gasteiger partial charge in [-0.1, -0.05) is 11.9 Å². The number of primary amides is 1. The molecule has 0 saturated carbocycles. The lowest BCUT2D eigenvalue weighted by Gasteiger charge is -2.11. The van der Waals surface area contributed by atoms with Crippen LogP contribution in [0, 0.1) is 11.5 Å². The number of benzene rings is 1. The Balaban J connectivity index is 2.66. The minimum absolute atomic E-state index is 0.0363. The number of carbonyl (C=O) groups is 1. The highest BCUT2D eigenvalue weighted by Crippen LogP contribution is 2.19. The number of amides is 1. The van der Waals surface area contributed by atoms with Crippen molar-refractivity contribution in [2.75, 3.05) is 17.5 Å². The number of nitriles is 1. The van der Waals surface area contributed by atoms with E-state index in [0.717, 1.165) is 0 Å². The van der Waals surface area contributed by atoms with Crippen LogP contribution in [0.5, 0.6) is 0 Å². The van der Waals surface area contributed by atoms with Crippen molar-refractivity contribution >= 4 is 33.6 Å². The van der Waals surface area contributed by atoms with E-state index in [9.17, 15) is 13.2 Å². The number of nitrogens with two attached hydrogens (primary N) is 1. The van der Waals surface area contributed by atoms with E-state index < -0.39 is 10.0 Å². The molecule has 20 heavy (non-hydrogen) atoms. The Morgan fingerprint density at radius 2 is 2.05 bits per heavy atom. The lowest BCUT2D eigenvalue weighted by molar-refractivity contribution is -0.117. The minimum Gasteiger partial charge on any atom is -0.370 e. The van der Waals surface area contributed by atoms with Crippen LogP contribution in [0.3, 0.4) is 0 Å². The largest absolute Gasteiger partial charge is 0.370 e. The highest BCUT2D eigenvalue weighted by molar-refractivity contribution is 8.00. The molecule has 0 bridgehead atoms. The highest BCUT2D eigenvalue weighted by atomic mass is 32.2. The number of sulfonamides is 1. The predicted octanol–water partition coefficient (Wildman–Crippen LogP) is 0.724. The van der Waals surface area contributed by atoms with E-state index in [0.29, 0.717) is 15.7 Å². The van der Waals surface area contributed by atoms with Gasteiger partial charge in [0.25, 0.3) is 10.0 Å². The molecule has 7 nitrogen and oxygen atoms in total. The Hall–Kier alpha value is -1.92. The number of anilines is 1. The standard InChI is InChI=1S/C11H14N4O3S2/c1-15(8-12)20(17,18)10-4-2-9(3-5-10)14-19-7-6-11(13)16/h2-5,14H,6-7H2,1H3,(H2,13,16). The SMILES string of the molecule is CN(C#N)S(=O)(=O)c1ccc(NSCCC(N)=O)cc1. The van der Waals surface area contributed by atoms with E-state index in [4.69, 9.17) is 11.0 Å². The average molecular weight is 314 g/mol. The third-order valence-corrected chi connectivity index (χ3v) is 4.75. The summed E-state index contributed by atoms with van der Waals surface area (Å²) < 4.78 is 27.2. The van der Waals surface area contributed by atoms with Gasteiger partial charge in [0.1, 0.15) is 0 Å². The van der Waals surface area contributed by atoms with Crippen molar-refractivity contribution in [1.29, 1.82) is 5.26 Å². The molecule has 108 valence electrons. The Morgan fingerprint density at radius 3 is 2.55 bits per heavy atom. The molecule has 3 N–H and O–H groups in total. The van der Waals surface area contributed by atoms with Gasteiger partial charge in [-0.15, -0.1) is 0 Å². The molecule has 9 heteroatoms. The maximum Gasteiger partial charge on any atom is 0.272 e. The second-order valence-corrected chi connectivity index (χ2v) is 6.63. The van der Waals surface area contributed by atoms with E-state index in [-0.39, 0.29) is 17.2 Å². The lowest BCUT2D eigenvalue weighted by Crippen LogP contribution is -2.21. The van der Waals surface area contributed by atoms with Crippen molar-refractivity contribution in [3.63, 3.8) is 0 Å². The first kappa shape index (κ1) is 16.1. The fourth-order valence-electron chi connectivity index (χ4n) is 1.19. The van der Waals surface area contributed by atoms with Crippen LogP contribution in [0.4, 0.5) is 5.69 Å². The second kappa shape index (κ2) is 7.02. The number of hydrogen-bond acceptors (Lipinski definition) is 6. The first-order valence-corrected chi connectivity index (χ1v) is 7.95. The predicted molar refractivity (Wildman–Crippen MR) is 76.9 cm³/mol. The number of nitrogens with zero attached hydrogens (tertiary/aromatic N) is 2. The molecule has 0 spiro atoms. The fraction of sp³-hybridized carbons (Fsp3) is 0.273. The molecule has 0 aliphatic rings. The van der Waals surface area contributed by atoms with Crippen LogP contribution >= 0.6 is 11.9 Å². The Labute approximate surface area is 121 Å². The molecule has 0 saturated heterocycles. The van der Waals surface area contributed by atoms with Crippen molar-refractivity contribution in [1.82, 2.24) is 4.31 Å². The molecule has 1 rings (SSSR count). The molecule has 0 fully saturated rings. The smallest absolute Gasteiger partial charge is 0.272 e. The van der Waals surface area contributed by atoms with Gasteiger partial charge < -0.3 is 10.5 Å². The van der Waals surface area contributed by atoms with E-state index in [2.05, 4.69) is 4.72 Å². The maximum atomic E-state index is 11.8. The quantitative estimate of drug-likeness (QED) is 0.331. The van der Waals surface area contributed by atoms with Gasteiger partial charge >= 0.3 is 0 Å². The van der Waals surface area contributed by atoms with Crippen molar-refractivity contribution in [3.8, 4) is 6.19 Å². The summed E-state index contributed by atoms with van der Waals surface area (Å²) in [6.45, 7) is 0. The number of carbonyl (C=O) groups excluding carboxylic acids is 1. The molecule has 0 radical (unpaired) electrons. The lowest BCUT2D eigenvalue weighted by atomic mass is 10.3. The monoisotopic (exact) mass is 314 g/mol. The van der Waals surface area contributed by atoms with Gasteiger partial charge in [0, 0.05) is 24.9 Å². The minimum atomic E-state index is -3.77. The number of nitrogens with one attached hydrogen (secondary N) is 1. The average Bonchev–Trinajstić information content (AvgIpc) is 2.43. The molecule has 0 aliphatic carbocycles. The van der Waals surface area contributed by atoms with Crippen LogP contribution in [0.25, 0.3) is 0 Å². The molecular formula is C11H14N4O3S2. The summed E-state index contributed by atoms with van der Waals surface area (Å²) in [4.78, 5) is 10.6. The van der Waals surface area contributed by atoms with Gasteiger partial charge in [0.05, 0.1) is 4.90 Å². The summed E-state index contributed by atoms with van der Waals surface area (Å²) in [5, 5.41) is 8.62. The molecule has 0 unspecified atom stereocenters. The Kier molecular flexibility index (Phi) is 5.66. The zero-order chi connectivity index (χ0) is 15.2. The van der Waals surface area contributed by atoms with Crippen LogP contribution in [-0.4, -0.2) is 31.4 Å². The van der Waals surface area contributed by atoms with Gasteiger partial charge in [-0.05, 0) is 24.3 Å². The van der Waals surface area contributed by atoms with E-state index in [1.165, 1.54) is 31.1 Å². The van der Waals surface area contributed by atoms with Gasteiger partial charge in [-0.25, -0.2) is 12.7 Å². The molecule has 1 amide bonds. The molecule has 0 heterocycles. The molecule has 1 aromatic rings. The molecule has 0 aromatic heterocycles. The third kappa shape index (κ3) is 4.32. The Bertz CT molecular complexity index is 608. The van der Waals surface area contributed by atoms with Gasteiger partial charge in [0.2, 0.25) is 5.91 Å². The number of rotatable bonds is 7. The summed E-state index contributed by atoms with van der Waals surface area (Å²) in [5.74, 6) is 0.146. The van der Waals surface area contributed by atoms with Crippen LogP contribution in [0.2, 0.25) is 0 Å². The van der Waals surface area contributed by atoms with E-state index >= 15 is 0 Å². The molecule has 0 aliphatic heterocycles. The van der Waals surface area contributed by atoms with Crippen LogP contribution in [-0.2, 0) is 14.8 Å². The summed E-state index contributed by atoms with van der Waals surface area (Å²) in [5.41, 5.74) is 5.70. The summed E-state index contributed by atoms with van der Waals surface area (Å²) in [7, 11) is -2.58. The van der Waals surface area contributed by atoms with Crippen LogP contribution < -0.4 is 10.5 Å².